The van der Waals surface area contributed by atoms with Gasteiger partial charge in [-0.2, -0.15) is 24.4 Å². The summed E-state index contributed by atoms with van der Waals surface area (Å²) < 4.78 is 0. The lowest BCUT2D eigenvalue weighted by Gasteiger charge is -2.25. The molecule has 11 nitrogen and oxygen atoms in total. The van der Waals surface area contributed by atoms with Gasteiger partial charge in [-0.3, -0.25) is 19.2 Å². The molecule has 0 saturated carbocycles. The smallest absolute Gasteiger partial charge is 0.326 e. The minimum atomic E-state index is -1.34. The fourth-order valence-corrected chi connectivity index (χ4v) is 3.39. The number of thiol groups is 1. The Kier molecular flexibility index (Phi) is 14.8. The summed E-state index contributed by atoms with van der Waals surface area (Å²) in [6.07, 6.45) is 2.15. The average molecular weight is 494 g/mol. The molecule has 0 rings (SSSR count). The molecule has 0 aromatic rings. The number of amides is 4. The van der Waals surface area contributed by atoms with Gasteiger partial charge in [0.1, 0.15) is 18.1 Å². The molecular formula is C19H35N5O6S2. The van der Waals surface area contributed by atoms with Crippen molar-refractivity contribution in [1.29, 1.82) is 0 Å². The molecule has 0 radical (unpaired) electrons. The maximum atomic E-state index is 12.7. The van der Waals surface area contributed by atoms with E-state index in [0.29, 0.717) is 12.2 Å². The number of carboxylic acids is 1. The predicted octanol–water partition coefficient (Wildman–Crippen LogP) is -1.15. The molecule has 4 atom stereocenters. The fraction of sp³-hybridized carbons (Fsp3) is 0.737. The topological polar surface area (TPSA) is 194 Å². The molecule has 8 N–H and O–H groups in total. The van der Waals surface area contributed by atoms with E-state index in [-0.39, 0.29) is 30.9 Å². The number of hydrogen-bond acceptors (Lipinski definition) is 8. The number of aliphatic carboxylic acids is 1. The largest absolute Gasteiger partial charge is 0.480 e. The van der Waals surface area contributed by atoms with Crippen molar-refractivity contribution >= 4 is 54.0 Å². The number of primary amides is 1. The van der Waals surface area contributed by atoms with E-state index in [9.17, 15) is 29.1 Å². The first-order valence-electron chi connectivity index (χ1n) is 10.2. The summed E-state index contributed by atoms with van der Waals surface area (Å²) >= 11 is 5.64. The Morgan fingerprint density at radius 3 is 1.94 bits per heavy atom. The number of rotatable bonds is 16. The Balaban J connectivity index is 5.22. The molecule has 0 spiro atoms. The molecular weight excluding hydrogens is 458 g/mol. The van der Waals surface area contributed by atoms with Crippen LogP contribution in [-0.4, -0.2) is 76.6 Å². The summed E-state index contributed by atoms with van der Waals surface area (Å²) in [5, 5.41) is 16.7. The molecule has 32 heavy (non-hydrogen) atoms. The van der Waals surface area contributed by atoms with Crippen LogP contribution in [0.2, 0.25) is 0 Å². The van der Waals surface area contributed by atoms with Gasteiger partial charge in [0.2, 0.25) is 23.6 Å². The van der Waals surface area contributed by atoms with Crippen LogP contribution in [0.25, 0.3) is 0 Å². The summed E-state index contributed by atoms with van der Waals surface area (Å²) in [5.41, 5.74) is 10.9. The molecule has 0 fully saturated rings. The Morgan fingerprint density at radius 2 is 1.47 bits per heavy atom. The van der Waals surface area contributed by atoms with Crippen LogP contribution in [0.5, 0.6) is 0 Å². The second-order valence-electron chi connectivity index (χ2n) is 7.73. The van der Waals surface area contributed by atoms with Crippen LogP contribution >= 0.6 is 24.4 Å². The zero-order valence-electron chi connectivity index (χ0n) is 18.6. The van der Waals surface area contributed by atoms with E-state index in [1.165, 1.54) is 0 Å². The van der Waals surface area contributed by atoms with Crippen LogP contribution in [0.4, 0.5) is 0 Å². The van der Waals surface area contributed by atoms with Gasteiger partial charge >= 0.3 is 5.97 Å². The van der Waals surface area contributed by atoms with Crippen LogP contribution in [0, 0.1) is 5.92 Å². The summed E-state index contributed by atoms with van der Waals surface area (Å²) in [6, 6.07) is -4.20. The number of nitrogens with two attached hydrogens (primary N) is 2. The Bertz CT molecular complexity index is 664. The maximum absolute atomic E-state index is 12.7. The van der Waals surface area contributed by atoms with Crippen molar-refractivity contribution < 1.29 is 29.1 Å². The van der Waals surface area contributed by atoms with E-state index in [0.717, 1.165) is 0 Å². The molecule has 4 amide bonds. The Hall–Kier alpha value is -1.99. The van der Waals surface area contributed by atoms with Crippen LogP contribution < -0.4 is 27.4 Å². The van der Waals surface area contributed by atoms with Crippen molar-refractivity contribution in [3.8, 4) is 0 Å². The molecule has 0 aliphatic rings. The minimum absolute atomic E-state index is 0.0102. The number of nitrogens with one attached hydrogen (secondary N) is 3. The fourth-order valence-electron chi connectivity index (χ4n) is 2.64. The van der Waals surface area contributed by atoms with Crippen LogP contribution in [-0.2, 0) is 24.0 Å². The van der Waals surface area contributed by atoms with Crippen molar-refractivity contribution in [2.75, 3.05) is 17.8 Å². The van der Waals surface area contributed by atoms with Crippen molar-refractivity contribution in [1.82, 2.24) is 16.0 Å². The first-order chi connectivity index (χ1) is 14.9. The highest BCUT2D eigenvalue weighted by molar-refractivity contribution is 7.98. The molecule has 0 aliphatic heterocycles. The van der Waals surface area contributed by atoms with Gasteiger partial charge in [0.15, 0.2) is 0 Å². The molecule has 13 heteroatoms. The van der Waals surface area contributed by atoms with E-state index in [1.807, 2.05) is 20.1 Å². The summed E-state index contributed by atoms with van der Waals surface area (Å²) in [5.74, 6) is -3.24. The van der Waals surface area contributed by atoms with Gasteiger partial charge in [-0.15, -0.1) is 0 Å². The van der Waals surface area contributed by atoms with Crippen LogP contribution in [0.3, 0.4) is 0 Å². The second kappa shape index (κ2) is 15.8. The molecule has 0 saturated heterocycles. The standard InChI is InChI=1S/C19H35N5O6S2/c1-10(2)8-13(17(27)22-12(19(29)30)4-5-15(21)25)23-18(28)14(9-31)24-16(26)11(20)6-7-32-3/h10-14,31H,4-9,20H2,1-3H3,(H2,21,25)(H,22,27)(H,23,28)(H,24,26)(H,29,30). The third-order valence-corrected chi connectivity index (χ3v) is 5.43. The highest BCUT2D eigenvalue weighted by Crippen LogP contribution is 2.08. The molecule has 184 valence electrons. The Labute approximate surface area is 198 Å². The summed E-state index contributed by atoms with van der Waals surface area (Å²) in [6.45, 7) is 3.66. The normalized spacial score (nSPS) is 14.7. The third kappa shape index (κ3) is 12.2. The van der Waals surface area contributed by atoms with Gasteiger partial charge in [0.25, 0.3) is 0 Å². The van der Waals surface area contributed by atoms with Crippen molar-refractivity contribution in [2.45, 2.75) is 63.7 Å². The molecule has 0 aliphatic carbocycles. The van der Waals surface area contributed by atoms with Crippen LogP contribution in [0.1, 0.15) is 39.5 Å². The number of carbonyl (C=O) groups excluding carboxylic acids is 4. The maximum Gasteiger partial charge on any atom is 0.326 e. The van der Waals surface area contributed by atoms with E-state index in [1.54, 1.807) is 11.8 Å². The van der Waals surface area contributed by atoms with Crippen molar-refractivity contribution in [2.24, 2.45) is 17.4 Å². The van der Waals surface area contributed by atoms with Crippen molar-refractivity contribution in [3.63, 3.8) is 0 Å². The van der Waals surface area contributed by atoms with E-state index >= 15 is 0 Å². The van der Waals surface area contributed by atoms with E-state index in [2.05, 4.69) is 28.6 Å². The van der Waals surface area contributed by atoms with Crippen LogP contribution in [0.15, 0.2) is 0 Å². The highest BCUT2D eigenvalue weighted by Gasteiger charge is 2.30. The van der Waals surface area contributed by atoms with Gasteiger partial charge in [0.05, 0.1) is 6.04 Å². The van der Waals surface area contributed by atoms with Crippen molar-refractivity contribution in [3.05, 3.63) is 0 Å². The molecule has 4 unspecified atom stereocenters. The van der Waals surface area contributed by atoms with E-state index in [4.69, 9.17) is 11.5 Å². The third-order valence-electron chi connectivity index (χ3n) is 4.42. The van der Waals surface area contributed by atoms with Gasteiger partial charge in [0, 0.05) is 12.2 Å². The second-order valence-corrected chi connectivity index (χ2v) is 9.08. The lowest BCUT2D eigenvalue weighted by atomic mass is 10.0. The first kappa shape index (κ1) is 30.0. The quantitative estimate of drug-likeness (QED) is 0.131. The van der Waals surface area contributed by atoms with Gasteiger partial charge in [-0.1, -0.05) is 13.8 Å². The Morgan fingerprint density at radius 1 is 0.938 bits per heavy atom. The lowest BCUT2D eigenvalue weighted by molar-refractivity contribution is -0.142. The summed E-state index contributed by atoms with van der Waals surface area (Å²) in [7, 11) is 0. The van der Waals surface area contributed by atoms with E-state index < -0.39 is 53.8 Å². The number of hydrogen-bond donors (Lipinski definition) is 7. The van der Waals surface area contributed by atoms with Gasteiger partial charge < -0.3 is 32.5 Å². The average Bonchev–Trinajstić information content (AvgIpc) is 2.71. The predicted molar refractivity (Wildman–Crippen MR) is 126 cm³/mol. The monoisotopic (exact) mass is 493 g/mol. The molecule has 0 aromatic heterocycles. The van der Waals surface area contributed by atoms with Gasteiger partial charge in [-0.25, -0.2) is 4.79 Å². The first-order valence-corrected chi connectivity index (χ1v) is 12.2. The minimum Gasteiger partial charge on any atom is -0.480 e. The molecule has 0 heterocycles. The lowest BCUT2D eigenvalue weighted by Crippen LogP contribution is -2.58. The molecule has 0 bridgehead atoms. The zero-order valence-corrected chi connectivity index (χ0v) is 20.3. The number of thioether (sulfide) groups is 1. The number of carbonyl (C=O) groups is 5. The highest BCUT2D eigenvalue weighted by atomic mass is 32.2. The molecule has 0 aromatic carbocycles. The van der Waals surface area contributed by atoms with Gasteiger partial charge in [-0.05, 0) is 37.2 Å². The zero-order chi connectivity index (χ0) is 24.8. The summed E-state index contributed by atoms with van der Waals surface area (Å²) in [4.78, 5) is 60.0. The number of carboxylic acid groups (broad SMARTS) is 1. The SMILES string of the molecule is CSCCC(N)C(=O)NC(CS)C(=O)NC(CC(C)C)C(=O)NC(CCC(N)=O)C(=O)O.